The normalized spacial score (nSPS) is 10.0. The molecule has 1 heterocycles. The highest BCUT2D eigenvalue weighted by atomic mass is 35.5. The van der Waals surface area contributed by atoms with Crippen LogP contribution >= 0.6 is 11.6 Å². The van der Waals surface area contributed by atoms with Crippen molar-refractivity contribution >= 4 is 23.2 Å². The first kappa shape index (κ1) is 11.5. The van der Waals surface area contributed by atoms with E-state index in [0.29, 0.717) is 22.2 Å². The summed E-state index contributed by atoms with van der Waals surface area (Å²) in [6.07, 6.45) is 1.68. The van der Waals surface area contributed by atoms with Gasteiger partial charge >= 0.3 is 0 Å². The highest BCUT2D eigenvalue weighted by molar-refractivity contribution is 6.31. The lowest BCUT2D eigenvalue weighted by molar-refractivity contribution is 0.102. The molecule has 0 saturated carbocycles. The zero-order valence-electron chi connectivity index (χ0n) is 9.16. The van der Waals surface area contributed by atoms with Crippen LogP contribution in [0.1, 0.15) is 10.5 Å². The molecule has 1 aromatic carbocycles. The molecule has 1 aromatic heterocycles. The molecule has 2 N–H and O–H groups in total. The molecule has 0 bridgehead atoms. The molecule has 0 radical (unpaired) electrons. The van der Waals surface area contributed by atoms with Gasteiger partial charge in [0.25, 0.3) is 5.91 Å². The lowest BCUT2D eigenvalue weighted by Crippen LogP contribution is -2.12. The van der Waals surface area contributed by atoms with Crippen molar-refractivity contribution in [1.82, 2.24) is 4.98 Å². The van der Waals surface area contributed by atoms with Crippen molar-refractivity contribution in [2.75, 3.05) is 12.4 Å². The van der Waals surface area contributed by atoms with Crippen LogP contribution in [0.4, 0.5) is 5.69 Å². The molecule has 17 heavy (non-hydrogen) atoms. The number of amides is 1. The zero-order valence-corrected chi connectivity index (χ0v) is 9.91. The maximum Gasteiger partial charge on any atom is 0.272 e. The van der Waals surface area contributed by atoms with Gasteiger partial charge in [0.1, 0.15) is 11.4 Å². The third-order valence-corrected chi connectivity index (χ3v) is 2.49. The Balaban J connectivity index is 2.23. The van der Waals surface area contributed by atoms with E-state index in [4.69, 9.17) is 16.3 Å². The average molecular weight is 251 g/mol. The first-order valence-corrected chi connectivity index (χ1v) is 5.37. The van der Waals surface area contributed by atoms with Gasteiger partial charge < -0.3 is 15.0 Å². The van der Waals surface area contributed by atoms with Gasteiger partial charge in [0, 0.05) is 11.2 Å². The Morgan fingerprint density at radius 3 is 2.88 bits per heavy atom. The van der Waals surface area contributed by atoms with Crippen LogP contribution in [0.3, 0.4) is 0 Å². The van der Waals surface area contributed by atoms with Crippen LogP contribution in [0.5, 0.6) is 5.75 Å². The van der Waals surface area contributed by atoms with Crippen molar-refractivity contribution in [3.8, 4) is 5.75 Å². The molecule has 0 aliphatic heterocycles. The lowest BCUT2D eigenvalue weighted by Gasteiger charge is -2.09. The summed E-state index contributed by atoms with van der Waals surface area (Å²) in [5, 5.41) is 3.26. The van der Waals surface area contributed by atoms with Crippen LogP contribution in [0.2, 0.25) is 5.02 Å². The number of aromatic nitrogens is 1. The molecule has 88 valence electrons. The van der Waals surface area contributed by atoms with Gasteiger partial charge in [-0.1, -0.05) is 11.6 Å². The smallest absolute Gasteiger partial charge is 0.272 e. The largest absolute Gasteiger partial charge is 0.495 e. The number of ether oxygens (including phenoxy) is 1. The number of hydrogen-bond donors (Lipinski definition) is 2. The van der Waals surface area contributed by atoms with Crippen molar-refractivity contribution in [3.63, 3.8) is 0 Å². The topological polar surface area (TPSA) is 54.1 Å². The number of hydrogen-bond acceptors (Lipinski definition) is 2. The van der Waals surface area contributed by atoms with E-state index in [0.717, 1.165) is 0 Å². The van der Waals surface area contributed by atoms with Gasteiger partial charge in [-0.3, -0.25) is 4.79 Å². The number of rotatable bonds is 3. The van der Waals surface area contributed by atoms with Crippen LogP contribution < -0.4 is 10.1 Å². The van der Waals surface area contributed by atoms with Crippen LogP contribution in [0, 0.1) is 0 Å². The van der Waals surface area contributed by atoms with E-state index in [2.05, 4.69) is 10.3 Å². The second-order valence-corrected chi connectivity index (χ2v) is 3.82. The molecule has 2 rings (SSSR count). The Hall–Kier alpha value is -1.94. The molecule has 0 atom stereocenters. The minimum atomic E-state index is -0.240. The highest BCUT2D eigenvalue weighted by Crippen LogP contribution is 2.27. The molecule has 1 amide bonds. The molecular weight excluding hydrogens is 240 g/mol. The van der Waals surface area contributed by atoms with Gasteiger partial charge in [0.15, 0.2) is 0 Å². The maximum absolute atomic E-state index is 11.8. The summed E-state index contributed by atoms with van der Waals surface area (Å²) >= 11 is 5.87. The Bertz CT molecular complexity index is 523. The van der Waals surface area contributed by atoms with Gasteiger partial charge in [-0.2, -0.15) is 0 Å². The van der Waals surface area contributed by atoms with Crippen molar-refractivity contribution in [1.29, 1.82) is 0 Å². The van der Waals surface area contributed by atoms with Crippen molar-refractivity contribution in [2.24, 2.45) is 0 Å². The van der Waals surface area contributed by atoms with Crippen molar-refractivity contribution in [2.45, 2.75) is 0 Å². The summed E-state index contributed by atoms with van der Waals surface area (Å²) in [7, 11) is 1.54. The third kappa shape index (κ3) is 2.60. The fourth-order valence-electron chi connectivity index (χ4n) is 1.44. The molecule has 0 fully saturated rings. The van der Waals surface area contributed by atoms with Gasteiger partial charge in [-0.05, 0) is 30.3 Å². The number of carbonyl (C=O) groups excluding carboxylic acids is 1. The monoisotopic (exact) mass is 250 g/mol. The molecule has 0 unspecified atom stereocenters. The molecule has 4 nitrogen and oxygen atoms in total. The number of halogens is 1. The number of methoxy groups -OCH3 is 1. The number of aromatic amines is 1. The van der Waals surface area contributed by atoms with E-state index in [9.17, 15) is 4.79 Å². The maximum atomic E-state index is 11.8. The Morgan fingerprint density at radius 2 is 2.24 bits per heavy atom. The lowest BCUT2D eigenvalue weighted by atomic mass is 10.2. The van der Waals surface area contributed by atoms with E-state index < -0.39 is 0 Å². The van der Waals surface area contributed by atoms with E-state index in [1.54, 1.807) is 36.5 Å². The van der Waals surface area contributed by atoms with Gasteiger partial charge in [-0.15, -0.1) is 0 Å². The van der Waals surface area contributed by atoms with Crippen molar-refractivity contribution < 1.29 is 9.53 Å². The first-order valence-electron chi connectivity index (χ1n) is 4.99. The van der Waals surface area contributed by atoms with Gasteiger partial charge in [0.2, 0.25) is 0 Å². The Labute approximate surface area is 104 Å². The van der Waals surface area contributed by atoms with Crippen LogP contribution in [-0.4, -0.2) is 18.0 Å². The van der Waals surface area contributed by atoms with Crippen LogP contribution in [-0.2, 0) is 0 Å². The highest BCUT2D eigenvalue weighted by Gasteiger charge is 2.10. The first-order chi connectivity index (χ1) is 8.20. The number of carbonyl (C=O) groups is 1. The third-order valence-electron chi connectivity index (χ3n) is 2.25. The zero-order chi connectivity index (χ0) is 12.3. The number of H-pyrrole nitrogens is 1. The summed E-state index contributed by atoms with van der Waals surface area (Å²) in [6, 6.07) is 8.48. The molecule has 5 heteroatoms. The van der Waals surface area contributed by atoms with Crippen LogP contribution in [0.25, 0.3) is 0 Å². The second-order valence-electron chi connectivity index (χ2n) is 3.38. The molecular formula is C12H11ClN2O2. The summed E-state index contributed by atoms with van der Waals surface area (Å²) < 4.78 is 5.13. The fourth-order valence-corrected chi connectivity index (χ4v) is 1.61. The van der Waals surface area contributed by atoms with Crippen LogP contribution in [0.15, 0.2) is 36.5 Å². The van der Waals surface area contributed by atoms with E-state index in [1.807, 2.05) is 0 Å². The SMILES string of the molecule is COc1ccc(Cl)cc1NC(=O)c1ccc[nH]1. The van der Waals surface area contributed by atoms with Gasteiger partial charge in [-0.25, -0.2) is 0 Å². The predicted molar refractivity (Wildman–Crippen MR) is 66.7 cm³/mol. The molecule has 0 aliphatic rings. The quantitative estimate of drug-likeness (QED) is 0.880. The van der Waals surface area contributed by atoms with E-state index in [-0.39, 0.29) is 5.91 Å². The molecule has 2 aromatic rings. The standard InChI is InChI=1S/C12H11ClN2O2/c1-17-11-5-4-8(13)7-10(11)15-12(16)9-3-2-6-14-9/h2-7,14H,1H3,(H,15,16). The summed E-state index contributed by atoms with van der Waals surface area (Å²) in [5.41, 5.74) is 1.02. The molecule has 0 spiro atoms. The minimum absolute atomic E-state index is 0.240. The number of benzene rings is 1. The molecule has 0 saturated heterocycles. The number of anilines is 1. The number of nitrogens with one attached hydrogen (secondary N) is 2. The molecule has 0 aliphatic carbocycles. The van der Waals surface area contributed by atoms with Crippen molar-refractivity contribution in [3.05, 3.63) is 47.2 Å². The summed E-state index contributed by atoms with van der Waals surface area (Å²) in [4.78, 5) is 14.6. The predicted octanol–water partition coefficient (Wildman–Crippen LogP) is 2.93. The van der Waals surface area contributed by atoms with Gasteiger partial charge in [0.05, 0.1) is 12.8 Å². The van der Waals surface area contributed by atoms with E-state index >= 15 is 0 Å². The summed E-state index contributed by atoms with van der Waals surface area (Å²) in [5.74, 6) is 0.324. The Morgan fingerprint density at radius 1 is 1.41 bits per heavy atom. The Kier molecular flexibility index (Phi) is 3.35. The minimum Gasteiger partial charge on any atom is -0.495 e. The van der Waals surface area contributed by atoms with E-state index in [1.165, 1.54) is 7.11 Å². The summed E-state index contributed by atoms with van der Waals surface area (Å²) in [6.45, 7) is 0. The average Bonchev–Trinajstić information content (AvgIpc) is 2.83. The fraction of sp³-hybridized carbons (Fsp3) is 0.0833. The second kappa shape index (κ2) is 4.93.